The van der Waals surface area contributed by atoms with Gasteiger partial charge in [-0.3, -0.25) is 9.69 Å². The smallest absolute Gasteiger partial charge is 0.320 e. The highest BCUT2D eigenvalue weighted by Gasteiger charge is 2.33. The van der Waals surface area contributed by atoms with Crippen molar-refractivity contribution in [2.75, 3.05) is 6.54 Å². The van der Waals surface area contributed by atoms with Crippen molar-refractivity contribution >= 4 is 5.97 Å². The lowest BCUT2D eigenvalue weighted by Crippen LogP contribution is -2.51. The molecule has 144 valence electrons. The zero-order valence-electron chi connectivity index (χ0n) is 15.7. The van der Waals surface area contributed by atoms with E-state index in [4.69, 9.17) is 14.3 Å². The molecule has 1 atom stereocenters. The molecule has 0 unspecified atom stereocenters. The number of carboxylic acid groups (broad SMARTS) is 1. The minimum atomic E-state index is -0.746. The number of nitrogens with zero attached hydrogens (tertiary/aromatic N) is 2. The van der Waals surface area contributed by atoms with E-state index < -0.39 is 5.97 Å². The molecule has 4 rings (SSSR count). The molecule has 0 bridgehead atoms. The van der Waals surface area contributed by atoms with Gasteiger partial charge in [-0.2, -0.15) is 0 Å². The predicted octanol–water partition coefficient (Wildman–Crippen LogP) is 3.89. The Morgan fingerprint density at radius 3 is 2.61 bits per heavy atom. The van der Waals surface area contributed by atoms with Gasteiger partial charge in [0.15, 0.2) is 0 Å². The summed E-state index contributed by atoms with van der Waals surface area (Å²) in [5, 5.41) is 9.13. The molecule has 2 heterocycles. The van der Waals surface area contributed by atoms with Gasteiger partial charge in [-0.25, -0.2) is 4.98 Å². The third-order valence-electron chi connectivity index (χ3n) is 5.01. The first-order valence-electron chi connectivity index (χ1n) is 9.30. The average molecular weight is 378 g/mol. The van der Waals surface area contributed by atoms with Crippen molar-refractivity contribution in [1.29, 1.82) is 0 Å². The van der Waals surface area contributed by atoms with Crippen LogP contribution in [-0.2, 0) is 17.9 Å². The first kappa shape index (κ1) is 18.3. The van der Waals surface area contributed by atoms with Crippen molar-refractivity contribution in [2.45, 2.75) is 32.5 Å². The molecule has 28 heavy (non-hydrogen) atoms. The maximum atomic E-state index is 11.1. The molecule has 1 aromatic heterocycles. The van der Waals surface area contributed by atoms with Gasteiger partial charge in [0.05, 0.1) is 0 Å². The Labute approximate surface area is 163 Å². The van der Waals surface area contributed by atoms with Gasteiger partial charge >= 0.3 is 5.97 Å². The Hall–Kier alpha value is -3.12. The molecule has 1 saturated heterocycles. The van der Waals surface area contributed by atoms with Crippen LogP contribution in [0.1, 0.15) is 23.4 Å². The summed E-state index contributed by atoms with van der Waals surface area (Å²) in [6.07, 6.45) is 0.721. The van der Waals surface area contributed by atoms with Gasteiger partial charge in [-0.15, -0.1) is 0 Å². The van der Waals surface area contributed by atoms with Crippen molar-refractivity contribution in [1.82, 2.24) is 9.88 Å². The van der Waals surface area contributed by atoms with Crippen LogP contribution in [0.5, 0.6) is 5.75 Å². The van der Waals surface area contributed by atoms with Crippen molar-refractivity contribution in [3.8, 4) is 17.2 Å². The number of rotatable bonds is 7. The maximum Gasteiger partial charge on any atom is 0.320 e. The molecule has 1 aliphatic rings. The van der Waals surface area contributed by atoms with Gasteiger partial charge < -0.3 is 14.3 Å². The normalized spacial score (nSPS) is 16.5. The lowest BCUT2D eigenvalue weighted by atomic mass is 10.0. The number of benzene rings is 2. The summed E-state index contributed by atoms with van der Waals surface area (Å²) in [6, 6.07) is 17.2. The van der Waals surface area contributed by atoms with Gasteiger partial charge in [-0.05, 0) is 43.2 Å². The van der Waals surface area contributed by atoms with Crippen LogP contribution in [0.3, 0.4) is 0 Å². The number of carbonyl (C=O) groups is 1. The van der Waals surface area contributed by atoms with Crippen molar-refractivity contribution in [3.63, 3.8) is 0 Å². The van der Waals surface area contributed by atoms with E-state index in [1.54, 1.807) is 0 Å². The Balaban J connectivity index is 1.35. The summed E-state index contributed by atoms with van der Waals surface area (Å²) in [5.74, 6) is 1.33. The minimum absolute atomic E-state index is 0.328. The van der Waals surface area contributed by atoms with Crippen LogP contribution in [0.15, 0.2) is 59.0 Å². The van der Waals surface area contributed by atoms with Gasteiger partial charge in [0.25, 0.3) is 0 Å². The summed E-state index contributed by atoms with van der Waals surface area (Å²) in [6.45, 7) is 3.67. The minimum Gasteiger partial charge on any atom is -0.487 e. The number of ether oxygens (including phenoxy) is 1. The van der Waals surface area contributed by atoms with Crippen molar-refractivity contribution in [2.24, 2.45) is 0 Å². The van der Waals surface area contributed by atoms with E-state index in [2.05, 4.69) is 4.98 Å². The number of aromatic nitrogens is 1. The van der Waals surface area contributed by atoms with Crippen LogP contribution in [0.2, 0.25) is 0 Å². The lowest BCUT2D eigenvalue weighted by Gasteiger charge is -2.37. The molecule has 2 aromatic carbocycles. The van der Waals surface area contributed by atoms with E-state index in [9.17, 15) is 4.79 Å². The van der Waals surface area contributed by atoms with Gasteiger partial charge in [0.1, 0.15) is 29.9 Å². The Kier molecular flexibility index (Phi) is 5.12. The van der Waals surface area contributed by atoms with Gasteiger partial charge in [0.2, 0.25) is 5.89 Å². The number of likely N-dealkylation sites (tertiary alicyclic amines) is 1. The van der Waals surface area contributed by atoms with E-state index in [0.717, 1.165) is 41.3 Å². The molecule has 1 fully saturated rings. The summed E-state index contributed by atoms with van der Waals surface area (Å²) in [7, 11) is 0. The van der Waals surface area contributed by atoms with Gasteiger partial charge in [0, 0.05) is 18.7 Å². The first-order chi connectivity index (χ1) is 13.6. The number of oxazole rings is 1. The maximum absolute atomic E-state index is 11.1. The fourth-order valence-corrected chi connectivity index (χ4v) is 3.25. The predicted molar refractivity (Wildman–Crippen MR) is 104 cm³/mol. The van der Waals surface area contributed by atoms with Gasteiger partial charge in [-0.1, -0.05) is 30.3 Å². The fraction of sp³-hybridized carbons (Fsp3) is 0.273. The fourth-order valence-electron chi connectivity index (χ4n) is 3.25. The largest absolute Gasteiger partial charge is 0.487 e. The Morgan fingerprint density at radius 2 is 1.96 bits per heavy atom. The van der Waals surface area contributed by atoms with E-state index in [0.29, 0.717) is 19.0 Å². The monoisotopic (exact) mass is 378 g/mol. The molecular weight excluding hydrogens is 356 g/mol. The molecule has 1 aliphatic heterocycles. The zero-order valence-corrected chi connectivity index (χ0v) is 15.7. The number of carboxylic acids is 1. The molecular formula is C22H22N2O4. The third-order valence-corrected chi connectivity index (χ3v) is 5.01. The molecule has 0 amide bonds. The first-order valence-corrected chi connectivity index (χ1v) is 9.30. The molecule has 6 heteroatoms. The topological polar surface area (TPSA) is 75.8 Å². The standard InChI is InChI=1S/C22H22N2O4/c1-15-19(23-21(28-15)17-5-3-2-4-6-17)14-27-18-9-7-16(8-10-18)13-24-12-11-20(24)22(25)26/h2-10,20H,11-14H2,1H3,(H,25,26)/t20-/m1/s1. The lowest BCUT2D eigenvalue weighted by molar-refractivity contribution is -0.148. The van der Waals surface area contributed by atoms with Crippen LogP contribution in [0, 0.1) is 6.92 Å². The molecule has 3 aromatic rings. The second-order valence-corrected chi connectivity index (χ2v) is 6.93. The highest BCUT2D eigenvalue weighted by atomic mass is 16.5. The molecule has 0 saturated carbocycles. The van der Waals surface area contributed by atoms with Crippen LogP contribution in [0.25, 0.3) is 11.5 Å². The summed E-state index contributed by atoms with van der Waals surface area (Å²) >= 11 is 0. The Morgan fingerprint density at radius 1 is 1.21 bits per heavy atom. The second kappa shape index (κ2) is 7.86. The molecule has 1 N–H and O–H groups in total. The van der Waals surface area contributed by atoms with Crippen LogP contribution < -0.4 is 4.74 Å². The average Bonchev–Trinajstić information content (AvgIpc) is 3.05. The summed E-state index contributed by atoms with van der Waals surface area (Å²) < 4.78 is 11.6. The SMILES string of the molecule is Cc1oc(-c2ccccc2)nc1COc1ccc(CN2CC[C@@H]2C(=O)O)cc1. The van der Waals surface area contributed by atoms with E-state index in [1.165, 1.54) is 0 Å². The van der Waals surface area contributed by atoms with E-state index in [1.807, 2.05) is 66.4 Å². The summed E-state index contributed by atoms with van der Waals surface area (Å²) in [4.78, 5) is 17.6. The Bertz CT molecular complexity index is 950. The highest BCUT2D eigenvalue weighted by Crippen LogP contribution is 2.24. The van der Waals surface area contributed by atoms with E-state index in [-0.39, 0.29) is 6.04 Å². The van der Waals surface area contributed by atoms with Crippen molar-refractivity contribution < 1.29 is 19.1 Å². The van der Waals surface area contributed by atoms with Crippen LogP contribution in [-0.4, -0.2) is 33.5 Å². The zero-order chi connectivity index (χ0) is 19.5. The third kappa shape index (κ3) is 3.92. The van der Waals surface area contributed by atoms with E-state index >= 15 is 0 Å². The number of hydrogen-bond donors (Lipinski definition) is 1. The quantitative estimate of drug-likeness (QED) is 0.672. The van der Waals surface area contributed by atoms with Crippen LogP contribution in [0.4, 0.5) is 0 Å². The summed E-state index contributed by atoms with van der Waals surface area (Å²) in [5.41, 5.74) is 2.78. The molecule has 0 aliphatic carbocycles. The molecule has 0 radical (unpaired) electrons. The van der Waals surface area contributed by atoms with Crippen LogP contribution >= 0.6 is 0 Å². The molecule has 6 nitrogen and oxygen atoms in total. The number of hydrogen-bond acceptors (Lipinski definition) is 5. The number of aryl methyl sites for hydroxylation is 1. The second-order valence-electron chi connectivity index (χ2n) is 6.93. The highest BCUT2D eigenvalue weighted by molar-refractivity contribution is 5.74. The molecule has 0 spiro atoms. The number of aliphatic carboxylic acids is 1. The van der Waals surface area contributed by atoms with Crippen molar-refractivity contribution in [3.05, 3.63) is 71.6 Å².